The highest BCUT2D eigenvalue weighted by Gasteiger charge is 2.20. The van der Waals surface area contributed by atoms with Crippen molar-refractivity contribution < 1.29 is 0 Å². The Bertz CT molecular complexity index is 2060. The Labute approximate surface area is 194 Å². The maximum atomic E-state index is 5.14. The molecule has 0 saturated heterocycles. The zero-order valence-corrected chi connectivity index (χ0v) is 18.2. The lowest BCUT2D eigenvalue weighted by Crippen LogP contribution is -1.97. The van der Waals surface area contributed by atoms with Gasteiger partial charge in [0.25, 0.3) is 0 Å². The summed E-state index contributed by atoms with van der Waals surface area (Å²) < 4.78 is 4.68. The minimum atomic E-state index is 0.902. The van der Waals surface area contributed by atoms with Crippen molar-refractivity contribution in [3.8, 4) is 5.69 Å². The Balaban J connectivity index is 1.76. The van der Waals surface area contributed by atoms with Gasteiger partial charge in [0.15, 0.2) is 0 Å². The van der Waals surface area contributed by atoms with E-state index in [0.29, 0.717) is 0 Å². The largest absolute Gasteiger partial charge is 0.308 e. The Morgan fingerprint density at radius 2 is 1.26 bits per heavy atom. The van der Waals surface area contributed by atoms with E-state index < -0.39 is 0 Å². The molecular weight excluding hydrogens is 416 g/mol. The van der Waals surface area contributed by atoms with Crippen LogP contribution < -0.4 is 0 Å². The third-order valence-corrected chi connectivity index (χ3v) is 6.97. The van der Waals surface area contributed by atoms with Gasteiger partial charge in [-0.15, -0.1) is 0 Å². The highest BCUT2D eigenvalue weighted by atomic mass is 15.0. The third kappa shape index (κ3) is 2.17. The SMILES string of the molecule is c1ccc(-n2c3ccccc3c3ccc4c5ccccc5n5c6ccncc6nc5c4c32)cc1. The number of imidazole rings is 1. The average Bonchev–Trinajstić information content (AvgIpc) is 3.45. The van der Waals surface area contributed by atoms with Gasteiger partial charge in [0.2, 0.25) is 0 Å². The highest BCUT2D eigenvalue weighted by Crippen LogP contribution is 2.41. The summed E-state index contributed by atoms with van der Waals surface area (Å²) in [5.74, 6) is 0. The fourth-order valence-corrected chi connectivity index (χ4v) is 5.59. The van der Waals surface area contributed by atoms with Crippen molar-refractivity contribution in [3.63, 3.8) is 0 Å². The molecule has 8 rings (SSSR count). The van der Waals surface area contributed by atoms with Gasteiger partial charge in [-0.1, -0.05) is 66.7 Å². The van der Waals surface area contributed by atoms with Gasteiger partial charge in [0.1, 0.15) is 11.2 Å². The van der Waals surface area contributed by atoms with Crippen molar-refractivity contribution in [1.29, 1.82) is 0 Å². The van der Waals surface area contributed by atoms with Gasteiger partial charge in [-0.2, -0.15) is 0 Å². The number of benzene rings is 4. The molecule has 0 bridgehead atoms. The van der Waals surface area contributed by atoms with Crippen LogP contribution in [0.1, 0.15) is 0 Å². The molecule has 34 heavy (non-hydrogen) atoms. The molecule has 4 aromatic heterocycles. The summed E-state index contributed by atoms with van der Waals surface area (Å²) in [7, 11) is 0. The maximum Gasteiger partial charge on any atom is 0.148 e. The molecule has 0 aliphatic carbocycles. The van der Waals surface area contributed by atoms with E-state index in [1.165, 1.54) is 32.6 Å². The number of aromatic nitrogens is 4. The summed E-state index contributed by atoms with van der Waals surface area (Å²) in [6.45, 7) is 0. The summed E-state index contributed by atoms with van der Waals surface area (Å²) in [4.78, 5) is 9.49. The number of hydrogen-bond acceptors (Lipinski definition) is 2. The van der Waals surface area contributed by atoms with Gasteiger partial charge in [0.05, 0.1) is 33.6 Å². The number of pyridine rings is 2. The first-order valence-corrected chi connectivity index (χ1v) is 11.4. The van der Waals surface area contributed by atoms with Crippen LogP contribution in [0, 0.1) is 0 Å². The summed E-state index contributed by atoms with van der Waals surface area (Å²) in [6.07, 6.45) is 3.70. The number of para-hydroxylation sites is 3. The molecule has 0 aliphatic heterocycles. The molecular formula is C30H18N4. The van der Waals surface area contributed by atoms with Gasteiger partial charge in [0, 0.05) is 28.0 Å². The van der Waals surface area contributed by atoms with Crippen molar-refractivity contribution in [2.24, 2.45) is 0 Å². The van der Waals surface area contributed by atoms with Crippen molar-refractivity contribution in [1.82, 2.24) is 18.9 Å². The van der Waals surface area contributed by atoms with Gasteiger partial charge in [-0.05, 0) is 35.7 Å². The second-order valence-electron chi connectivity index (χ2n) is 8.72. The second kappa shape index (κ2) is 6.42. The average molecular weight is 435 g/mol. The fourth-order valence-electron chi connectivity index (χ4n) is 5.59. The van der Waals surface area contributed by atoms with Crippen LogP contribution in [0.5, 0.6) is 0 Å². The Hall–Kier alpha value is -4.70. The van der Waals surface area contributed by atoms with Crippen molar-refractivity contribution in [3.05, 3.63) is 109 Å². The van der Waals surface area contributed by atoms with Gasteiger partial charge in [-0.3, -0.25) is 9.38 Å². The Morgan fingerprint density at radius 3 is 2.12 bits per heavy atom. The lowest BCUT2D eigenvalue weighted by atomic mass is 10.0. The minimum absolute atomic E-state index is 0.902. The van der Waals surface area contributed by atoms with Crippen LogP contribution in [0.2, 0.25) is 0 Å². The number of fused-ring (bicyclic) bond motifs is 12. The monoisotopic (exact) mass is 434 g/mol. The van der Waals surface area contributed by atoms with Gasteiger partial charge < -0.3 is 4.57 Å². The highest BCUT2D eigenvalue weighted by molar-refractivity contribution is 6.27. The molecule has 0 spiro atoms. The van der Waals surface area contributed by atoms with E-state index >= 15 is 0 Å². The van der Waals surface area contributed by atoms with E-state index in [1.54, 1.807) is 0 Å². The summed E-state index contributed by atoms with van der Waals surface area (Å²) in [6, 6.07) is 34.5. The smallest absolute Gasteiger partial charge is 0.148 e. The molecule has 0 N–H and O–H groups in total. The number of nitrogens with zero attached hydrogens (tertiary/aromatic N) is 4. The molecule has 0 atom stereocenters. The molecule has 0 fully saturated rings. The Kier molecular flexibility index (Phi) is 3.36. The van der Waals surface area contributed by atoms with E-state index in [9.17, 15) is 0 Å². The first kappa shape index (κ1) is 17.8. The topological polar surface area (TPSA) is 35.1 Å². The molecule has 4 aromatic carbocycles. The van der Waals surface area contributed by atoms with Crippen molar-refractivity contribution in [2.45, 2.75) is 0 Å². The summed E-state index contributed by atoms with van der Waals surface area (Å²) >= 11 is 0. The van der Waals surface area contributed by atoms with Crippen molar-refractivity contribution >= 4 is 60.2 Å². The standard InChI is InChI=1S/C30H18N4/c1-2-8-19(9-3-1)33-25-12-6-5-11-21(25)23-15-14-22-20-10-4-7-13-26(20)34-27-16-17-31-18-24(27)32-30(34)28(22)29(23)33/h1-18H. The maximum absolute atomic E-state index is 5.14. The van der Waals surface area contributed by atoms with Crippen molar-refractivity contribution in [2.75, 3.05) is 0 Å². The van der Waals surface area contributed by atoms with E-state index in [2.05, 4.69) is 111 Å². The van der Waals surface area contributed by atoms with Gasteiger partial charge in [-0.25, -0.2) is 4.98 Å². The van der Waals surface area contributed by atoms with Crippen LogP contribution in [0.25, 0.3) is 65.8 Å². The van der Waals surface area contributed by atoms with E-state index in [-0.39, 0.29) is 0 Å². The van der Waals surface area contributed by atoms with E-state index in [4.69, 9.17) is 4.98 Å². The van der Waals surface area contributed by atoms with Crippen LogP contribution in [-0.2, 0) is 0 Å². The first-order valence-electron chi connectivity index (χ1n) is 11.4. The van der Waals surface area contributed by atoms with E-state index in [1.807, 2.05) is 12.4 Å². The van der Waals surface area contributed by atoms with Crippen LogP contribution >= 0.6 is 0 Å². The molecule has 0 saturated carbocycles. The predicted molar refractivity (Wildman–Crippen MR) is 140 cm³/mol. The Morgan fingerprint density at radius 1 is 0.559 bits per heavy atom. The second-order valence-corrected chi connectivity index (χ2v) is 8.72. The number of hydrogen-bond donors (Lipinski definition) is 0. The van der Waals surface area contributed by atoms with E-state index in [0.717, 1.165) is 33.3 Å². The zero-order valence-electron chi connectivity index (χ0n) is 18.2. The lowest BCUT2D eigenvalue weighted by molar-refractivity contribution is 1.18. The van der Waals surface area contributed by atoms with Crippen LogP contribution in [-0.4, -0.2) is 18.9 Å². The molecule has 8 aromatic rings. The van der Waals surface area contributed by atoms with Crippen LogP contribution in [0.15, 0.2) is 109 Å². The summed E-state index contributed by atoms with van der Waals surface area (Å²) in [5, 5.41) is 6.06. The molecule has 4 nitrogen and oxygen atoms in total. The normalized spacial score (nSPS) is 12.1. The predicted octanol–water partition coefficient (Wildman–Crippen LogP) is 7.29. The minimum Gasteiger partial charge on any atom is -0.308 e. The molecule has 4 heterocycles. The molecule has 4 heteroatoms. The number of rotatable bonds is 1. The molecule has 0 unspecified atom stereocenters. The first-order chi connectivity index (χ1) is 16.9. The van der Waals surface area contributed by atoms with Crippen LogP contribution in [0.3, 0.4) is 0 Å². The summed E-state index contributed by atoms with van der Waals surface area (Å²) in [5.41, 5.74) is 7.61. The molecule has 0 amide bonds. The lowest BCUT2D eigenvalue weighted by Gasteiger charge is -2.13. The fraction of sp³-hybridized carbons (Fsp3) is 0. The molecule has 0 aliphatic rings. The zero-order chi connectivity index (χ0) is 22.2. The molecule has 0 radical (unpaired) electrons. The third-order valence-electron chi connectivity index (χ3n) is 6.97. The quantitative estimate of drug-likeness (QED) is 0.254. The molecule has 158 valence electrons. The van der Waals surface area contributed by atoms with Gasteiger partial charge >= 0.3 is 0 Å². The van der Waals surface area contributed by atoms with Crippen LogP contribution in [0.4, 0.5) is 0 Å².